The van der Waals surface area contributed by atoms with Gasteiger partial charge in [-0.05, 0) is 61.1 Å². The molecule has 2 atom stereocenters. The van der Waals surface area contributed by atoms with Gasteiger partial charge in [-0.15, -0.1) is 0 Å². The first-order chi connectivity index (χ1) is 13.6. The van der Waals surface area contributed by atoms with Crippen molar-refractivity contribution in [3.63, 3.8) is 0 Å². The molecule has 1 fully saturated rings. The molecule has 1 N–H and O–H groups in total. The van der Waals surface area contributed by atoms with Gasteiger partial charge in [0.15, 0.2) is 0 Å². The summed E-state index contributed by atoms with van der Waals surface area (Å²) in [5.41, 5.74) is 0.637. The van der Waals surface area contributed by atoms with E-state index < -0.39 is 32.5 Å². The van der Waals surface area contributed by atoms with Crippen molar-refractivity contribution in [2.24, 2.45) is 11.8 Å². The summed E-state index contributed by atoms with van der Waals surface area (Å²) in [7, 11) is -4.08. The van der Waals surface area contributed by atoms with Gasteiger partial charge in [-0.2, -0.15) is 4.31 Å². The molecule has 1 aliphatic heterocycles. The van der Waals surface area contributed by atoms with Crippen LogP contribution in [0.5, 0.6) is 0 Å². The number of amides is 1. The SMILES string of the molecule is Cc1ccc(NC(=O)c2ccc(F)c(S(=O)(=O)N3CC(C)CC(C)C3)c2)cc1F. The van der Waals surface area contributed by atoms with Crippen molar-refractivity contribution in [1.82, 2.24) is 4.31 Å². The third-order valence-corrected chi connectivity index (χ3v) is 6.92. The maximum Gasteiger partial charge on any atom is 0.255 e. The van der Waals surface area contributed by atoms with E-state index in [-0.39, 0.29) is 23.1 Å². The van der Waals surface area contributed by atoms with Crippen molar-refractivity contribution in [3.8, 4) is 0 Å². The lowest BCUT2D eigenvalue weighted by Gasteiger charge is -2.34. The molecule has 1 aliphatic rings. The van der Waals surface area contributed by atoms with Gasteiger partial charge < -0.3 is 5.32 Å². The van der Waals surface area contributed by atoms with E-state index in [0.717, 1.165) is 18.6 Å². The Morgan fingerprint density at radius 1 is 1.03 bits per heavy atom. The van der Waals surface area contributed by atoms with Crippen LogP contribution >= 0.6 is 0 Å². The zero-order chi connectivity index (χ0) is 21.3. The largest absolute Gasteiger partial charge is 0.322 e. The Morgan fingerprint density at radius 3 is 2.31 bits per heavy atom. The average Bonchev–Trinajstić information content (AvgIpc) is 2.64. The monoisotopic (exact) mass is 422 g/mol. The molecule has 0 aromatic heterocycles. The number of sulfonamides is 1. The molecule has 1 saturated heterocycles. The molecule has 0 bridgehead atoms. The lowest BCUT2D eigenvalue weighted by atomic mass is 9.94. The number of rotatable bonds is 4. The second-order valence-corrected chi connectivity index (χ2v) is 9.74. The Balaban J connectivity index is 1.89. The van der Waals surface area contributed by atoms with E-state index in [0.29, 0.717) is 18.7 Å². The first-order valence-corrected chi connectivity index (χ1v) is 10.9. The minimum atomic E-state index is -4.08. The van der Waals surface area contributed by atoms with Gasteiger partial charge in [0.05, 0.1) is 0 Å². The lowest BCUT2D eigenvalue weighted by molar-refractivity contribution is 0.102. The van der Waals surface area contributed by atoms with Gasteiger partial charge in [0, 0.05) is 24.3 Å². The molecule has 2 aromatic carbocycles. The molecule has 2 unspecified atom stereocenters. The highest BCUT2D eigenvalue weighted by molar-refractivity contribution is 7.89. The van der Waals surface area contributed by atoms with Crippen molar-refractivity contribution in [1.29, 1.82) is 0 Å². The number of benzene rings is 2. The molecular formula is C21H24F2N2O3S. The molecule has 2 aromatic rings. The zero-order valence-electron chi connectivity index (χ0n) is 16.6. The van der Waals surface area contributed by atoms with Crippen LogP contribution in [0, 0.1) is 30.4 Å². The molecule has 29 heavy (non-hydrogen) atoms. The summed E-state index contributed by atoms with van der Waals surface area (Å²) >= 11 is 0. The lowest BCUT2D eigenvalue weighted by Crippen LogP contribution is -2.42. The summed E-state index contributed by atoms with van der Waals surface area (Å²) in [6.45, 7) is 6.13. The Labute approximate surface area is 169 Å². The second kappa shape index (κ2) is 8.20. The van der Waals surface area contributed by atoms with E-state index in [1.165, 1.54) is 28.6 Å². The van der Waals surface area contributed by atoms with Crippen LogP contribution in [0.2, 0.25) is 0 Å². The molecular weight excluding hydrogens is 398 g/mol. The summed E-state index contributed by atoms with van der Waals surface area (Å²) in [6, 6.07) is 7.43. The van der Waals surface area contributed by atoms with Crippen molar-refractivity contribution in [2.75, 3.05) is 18.4 Å². The number of piperidine rings is 1. The quantitative estimate of drug-likeness (QED) is 0.803. The van der Waals surface area contributed by atoms with Gasteiger partial charge >= 0.3 is 0 Å². The van der Waals surface area contributed by atoms with E-state index in [1.807, 2.05) is 13.8 Å². The second-order valence-electron chi connectivity index (χ2n) is 7.83. The summed E-state index contributed by atoms with van der Waals surface area (Å²) in [5.74, 6) is -1.70. The van der Waals surface area contributed by atoms with Crippen LogP contribution in [-0.2, 0) is 10.0 Å². The fourth-order valence-corrected chi connectivity index (χ4v) is 5.43. The number of carbonyl (C=O) groups excluding carboxylic acids is 1. The standard InChI is InChI=1S/C21H24F2N2O3S/c1-13-8-14(2)12-25(11-13)29(27,28)20-9-16(5-7-18(20)22)21(26)24-17-6-4-15(3)19(23)10-17/h4-7,9-10,13-14H,8,11-12H2,1-3H3,(H,24,26). The molecule has 0 radical (unpaired) electrons. The molecule has 0 saturated carbocycles. The van der Waals surface area contributed by atoms with Crippen LogP contribution < -0.4 is 5.32 Å². The van der Waals surface area contributed by atoms with E-state index in [1.54, 1.807) is 6.92 Å². The van der Waals surface area contributed by atoms with Crippen LogP contribution in [0.3, 0.4) is 0 Å². The van der Waals surface area contributed by atoms with E-state index >= 15 is 0 Å². The van der Waals surface area contributed by atoms with E-state index in [9.17, 15) is 22.0 Å². The summed E-state index contributed by atoms with van der Waals surface area (Å²) in [5, 5.41) is 2.51. The predicted molar refractivity (Wildman–Crippen MR) is 107 cm³/mol. The Bertz CT molecular complexity index is 1030. The van der Waals surface area contributed by atoms with E-state index in [2.05, 4.69) is 5.32 Å². The highest BCUT2D eigenvalue weighted by Crippen LogP contribution is 2.28. The molecule has 1 amide bonds. The van der Waals surface area contributed by atoms with Crippen molar-refractivity contribution >= 4 is 21.6 Å². The molecule has 156 valence electrons. The highest BCUT2D eigenvalue weighted by atomic mass is 32.2. The van der Waals surface area contributed by atoms with Crippen molar-refractivity contribution in [2.45, 2.75) is 32.1 Å². The first kappa shape index (κ1) is 21.4. The third kappa shape index (κ3) is 4.64. The maximum absolute atomic E-state index is 14.4. The summed E-state index contributed by atoms with van der Waals surface area (Å²) in [4.78, 5) is 12.0. The summed E-state index contributed by atoms with van der Waals surface area (Å²) in [6.07, 6.45) is 0.907. The average molecular weight is 422 g/mol. The zero-order valence-corrected chi connectivity index (χ0v) is 17.4. The van der Waals surface area contributed by atoms with Gasteiger partial charge in [0.2, 0.25) is 10.0 Å². The number of anilines is 1. The number of hydrogen-bond acceptors (Lipinski definition) is 3. The van der Waals surface area contributed by atoms with Crippen LogP contribution in [-0.4, -0.2) is 31.7 Å². The van der Waals surface area contributed by atoms with Gasteiger partial charge in [-0.1, -0.05) is 19.9 Å². The molecule has 8 heteroatoms. The Hall–Kier alpha value is -2.32. The molecule has 0 aliphatic carbocycles. The molecule has 5 nitrogen and oxygen atoms in total. The number of nitrogens with zero attached hydrogens (tertiary/aromatic N) is 1. The fourth-order valence-electron chi connectivity index (χ4n) is 3.66. The van der Waals surface area contributed by atoms with Crippen LogP contribution in [0.4, 0.5) is 14.5 Å². The smallest absolute Gasteiger partial charge is 0.255 e. The van der Waals surface area contributed by atoms with Crippen molar-refractivity contribution in [3.05, 3.63) is 59.2 Å². The normalized spacial score (nSPS) is 20.4. The third-order valence-electron chi connectivity index (χ3n) is 5.08. The van der Waals surface area contributed by atoms with Crippen LogP contribution in [0.15, 0.2) is 41.3 Å². The minimum Gasteiger partial charge on any atom is -0.322 e. The molecule has 3 rings (SSSR count). The number of nitrogens with one attached hydrogen (secondary N) is 1. The number of carbonyl (C=O) groups is 1. The Kier molecular flexibility index (Phi) is 6.05. The van der Waals surface area contributed by atoms with Gasteiger partial charge in [0.1, 0.15) is 16.5 Å². The van der Waals surface area contributed by atoms with Gasteiger partial charge in [-0.3, -0.25) is 4.79 Å². The fraction of sp³-hybridized carbons (Fsp3) is 0.381. The predicted octanol–water partition coefficient (Wildman–Crippen LogP) is 4.19. The van der Waals surface area contributed by atoms with Crippen LogP contribution in [0.25, 0.3) is 0 Å². The topological polar surface area (TPSA) is 66.5 Å². The maximum atomic E-state index is 14.4. The number of aryl methyl sites for hydroxylation is 1. The Morgan fingerprint density at radius 2 is 1.69 bits per heavy atom. The van der Waals surface area contributed by atoms with E-state index in [4.69, 9.17) is 0 Å². The van der Waals surface area contributed by atoms with Gasteiger partial charge in [0.25, 0.3) is 5.91 Å². The molecule has 0 spiro atoms. The van der Waals surface area contributed by atoms with Crippen molar-refractivity contribution < 1.29 is 22.0 Å². The summed E-state index contributed by atoms with van der Waals surface area (Å²) < 4.78 is 55.4. The number of halogens is 2. The van der Waals surface area contributed by atoms with Crippen LogP contribution in [0.1, 0.15) is 36.2 Å². The van der Waals surface area contributed by atoms with Gasteiger partial charge in [-0.25, -0.2) is 17.2 Å². The molecule has 1 heterocycles. The minimum absolute atomic E-state index is 0.0240. The first-order valence-electron chi connectivity index (χ1n) is 9.45. The highest BCUT2D eigenvalue weighted by Gasteiger charge is 2.33. The number of hydrogen-bond donors (Lipinski definition) is 1.